The van der Waals surface area contributed by atoms with Crippen LogP contribution >= 0.6 is 0 Å². The van der Waals surface area contributed by atoms with Crippen molar-refractivity contribution in [3.05, 3.63) is 47.0 Å². The Morgan fingerprint density at radius 1 is 0.952 bits per heavy atom. The molecule has 0 aliphatic rings. The smallest absolute Gasteiger partial charge is 0.125 e. The number of hydrogen-bond donors (Lipinski definition) is 2. The lowest BCUT2D eigenvalue weighted by Gasteiger charge is -2.18. The summed E-state index contributed by atoms with van der Waals surface area (Å²) in [6, 6.07) is 8.50. The molecule has 112 valence electrons. The predicted molar refractivity (Wildman–Crippen MR) is 81.6 cm³/mol. The number of hydrogen-bond acceptors (Lipinski definition) is 4. The van der Waals surface area contributed by atoms with Crippen LogP contribution in [0.5, 0.6) is 23.0 Å². The van der Waals surface area contributed by atoms with Crippen LogP contribution in [0.2, 0.25) is 0 Å². The van der Waals surface area contributed by atoms with Crippen molar-refractivity contribution in [1.82, 2.24) is 0 Å². The van der Waals surface area contributed by atoms with E-state index in [4.69, 9.17) is 9.47 Å². The molecule has 0 saturated carbocycles. The van der Waals surface area contributed by atoms with E-state index >= 15 is 0 Å². The van der Waals surface area contributed by atoms with Crippen LogP contribution in [0.4, 0.5) is 0 Å². The summed E-state index contributed by atoms with van der Waals surface area (Å²) in [5, 5.41) is 19.4. The van der Waals surface area contributed by atoms with Crippen molar-refractivity contribution >= 4 is 0 Å². The van der Waals surface area contributed by atoms with Crippen molar-refractivity contribution in [3.63, 3.8) is 0 Å². The molecule has 2 aromatic carbocycles. The predicted octanol–water partition coefficient (Wildman–Crippen LogP) is 3.58. The molecule has 0 heterocycles. The number of phenols is 2. The quantitative estimate of drug-likeness (QED) is 0.903. The standard InChI is InChI=1S/C17H20O4/c1-10(14-6-5-13(18)9-15(14)19)12-7-16(20-3)11(2)17(8-12)21-4/h5-10,18-19H,1-4H3. The molecule has 0 aliphatic heterocycles. The number of ether oxygens (including phenoxy) is 2. The van der Waals surface area contributed by atoms with Gasteiger partial charge in [-0.05, 0) is 30.7 Å². The van der Waals surface area contributed by atoms with E-state index in [0.29, 0.717) is 0 Å². The fraction of sp³-hybridized carbons (Fsp3) is 0.294. The molecule has 4 nitrogen and oxygen atoms in total. The molecule has 0 aliphatic carbocycles. The van der Waals surface area contributed by atoms with Gasteiger partial charge in [-0.1, -0.05) is 13.0 Å². The van der Waals surface area contributed by atoms with Gasteiger partial charge in [0.15, 0.2) is 0 Å². The highest BCUT2D eigenvalue weighted by atomic mass is 16.5. The van der Waals surface area contributed by atoms with Gasteiger partial charge in [-0.25, -0.2) is 0 Å². The molecule has 2 aromatic rings. The zero-order valence-electron chi connectivity index (χ0n) is 12.7. The van der Waals surface area contributed by atoms with E-state index in [1.807, 2.05) is 26.0 Å². The Bertz CT molecular complexity index is 624. The number of methoxy groups -OCH3 is 2. The van der Waals surface area contributed by atoms with Crippen LogP contribution in [0.25, 0.3) is 0 Å². The highest BCUT2D eigenvalue weighted by molar-refractivity contribution is 5.52. The van der Waals surface area contributed by atoms with Gasteiger partial charge in [0.05, 0.1) is 14.2 Å². The van der Waals surface area contributed by atoms with Crippen molar-refractivity contribution < 1.29 is 19.7 Å². The highest BCUT2D eigenvalue weighted by Crippen LogP contribution is 2.38. The molecule has 0 saturated heterocycles. The largest absolute Gasteiger partial charge is 0.508 e. The second-order valence-electron chi connectivity index (χ2n) is 5.02. The van der Waals surface area contributed by atoms with E-state index in [1.54, 1.807) is 26.4 Å². The molecule has 1 atom stereocenters. The van der Waals surface area contributed by atoms with Gasteiger partial charge in [-0.2, -0.15) is 0 Å². The topological polar surface area (TPSA) is 58.9 Å². The molecule has 2 N–H and O–H groups in total. The van der Waals surface area contributed by atoms with E-state index < -0.39 is 0 Å². The summed E-state index contributed by atoms with van der Waals surface area (Å²) < 4.78 is 10.8. The lowest BCUT2D eigenvalue weighted by Crippen LogP contribution is -2.00. The van der Waals surface area contributed by atoms with Crippen LogP contribution in [0.15, 0.2) is 30.3 Å². The molecular weight excluding hydrogens is 268 g/mol. The average Bonchev–Trinajstić information content (AvgIpc) is 2.47. The Kier molecular flexibility index (Phi) is 4.26. The number of rotatable bonds is 4. The first-order chi connectivity index (χ1) is 9.97. The molecule has 0 spiro atoms. The molecule has 0 amide bonds. The van der Waals surface area contributed by atoms with Gasteiger partial charge in [0.25, 0.3) is 0 Å². The third-order valence-corrected chi connectivity index (χ3v) is 3.76. The normalized spacial score (nSPS) is 12.0. The van der Waals surface area contributed by atoms with Crippen molar-refractivity contribution in [3.8, 4) is 23.0 Å². The summed E-state index contributed by atoms with van der Waals surface area (Å²) in [4.78, 5) is 0. The van der Waals surface area contributed by atoms with Gasteiger partial charge in [0.1, 0.15) is 23.0 Å². The summed E-state index contributed by atoms with van der Waals surface area (Å²) in [5.41, 5.74) is 2.64. The fourth-order valence-electron chi connectivity index (χ4n) is 2.43. The maximum atomic E-state index is 10.0. The Labute approximate surface area is 124 Å². The molecule has 2 rings (SSSR count). The van der Waals surface area contributed by atoms with Crippen LogP contribution in [-0.2, 0) is 0 Å². The number of benzene rings is 2. The third kappa shape index (κ3) is 2.89. The lowest BCUT2D eigenvalue weighted by atomic mass is 9.91. The van der Waals surface area contributed by atoms with Gasteiger partial charge in [0, 0.05) is 23.1 Å². The molecule has 4 heteroatoms. The molecular formula is C17H20O4. The van der Waals surface area contributed by atoms with Gasteiger partial charge >= 0.3 is 0 Å². The Morgan fingerprint density at radius 2 is 1.52 bits per heavy atom. The van der Waals surface area contributed by atoms with E-state index in [-0.39, 0.29) is 17.4 Å². The van der Waals surface area contributed by atoms with Crippen molar-refractivity contribution in [2.24, 2.45) is 0 Å². The van der Waals surface area contributed by atoms with Crippen LogP contribution in [0.3, 0.4) is 0 Å². The van der Waals surface area contributed by atoms with Crippen LogP contribution in [-0.4, -0.2) is 24.4 Å². The molecule has 0 bridgehead atoms. The summed E-state index contributed by atoms with van der Waals surface area (Å²) in [6.07, 6.45) is 0. The first kappa shape index (κ1) is 15.0. The minimum Gasteiger partial charge on any atom is -0.508 e. The fourth-order valence-corrected chi connectivity index (χ4v) is 2.43. The summed E-state index contributed by atoms with van der Waals surface area (Å²) in [5.74, 6) is 1.54. The molecule has 1 unspecified atom stereocenters. The van der Waals surface area contributed by atoms with Crippen molar-refractivity contribution in [2.45, 2.75) is 19.8 Å². The molecule has 21 heavy (non-hydrogen) atoms. The maximum absolute atomic E-state index is 10.0. The molecule has 0 aromatic heterocycles. The van der Waals surface area contributed by atoms with E-state index in [9.17, 15) is 10.2 Å². The summed E-state index contributed by atoms with van der Waals surface area (Å²) in [6.45, 7) is 3.92. The summed E-state index contributed by atoms with van der Waals surface area (Å²) in [7, 11) is 3.24. The van der Waals surface area contributed by atoms with Crippen molar-refractivity contribution in [1.29, 1.82) is 0 Å². The van der Waals surface area contributed by atoms with Gasteiger partial charge in [-0.3, -0.25) is 0 Å². The maximum Gasteiger partial charge on any atom is 0.125 e. The van der Waals surface area contributed by atoms with E-state index in [2.05, 4.69) is 0 Å². The third-order valence-electron chi connectivity index (χ3n) is 3.76. The second kappa shape index (κ2) is 5.95. The zero-order valence-corrected chi connectivity index (χ0v) is 12.7. The Morgan fingerprint density at radius 3 is 2.00 bits per heavy atom. The number of phenolic OH excluding ortho intramolecular Hbond substituents is 2. The first-order valence-corrected chi connectivity index (χ1v) is 6.72. The second-order valence-corrected chi connectivity index (χ2v) is 5.02. The minimum atomic E-state index is -0.0611. The van der Waals surface area contributed by atoms with Gasteiger partial charge in [-0.15, -0.1) is 0 Å². The molecule has 0 radical (unpaired) electrons. The average molecular weight is 288 g/mol. The minimum absolute atomic E-state index is 0.0440. The lowest BCUT2D eigenvalue weighted by molar-refractivity contribution is 0.387. The van der Waals surface area contributed by atoms with E-state index in [0.717, 1.165) is 28.2 Å². The van der Waals surface area contributed by atoms with Crippen molar-refractivity contribution in [2.75, 3.05) is 14.2 Å². The van der Waals surface area contributed by atoms with Gasteiger partial charge < -0.3 is 19.7 Å². The summed E-state index contributed by atoms with van der Waals surface area (Å²) >= 11 is 0. The van der Waals surface area contributed by atoms with Crippen LogP contribution in [0.1, 0.15) is 29.5 Å². The number of aromatic hydroxyl groups is 2. The molecule has 0 fully saturated rings. The highest BCUT2D eigenvalue weighted by Gasteiger charge is 2.17. The van der Waals surface area contributed by atoms with Crippen LogP contribution in [0, 0.1) is 6.92 Å². The SMILES string of the molecule is COc1cc(C(C)c2ccc(O)cc2O)cc(OC)c1C. The van der Waals surface area contributed by atoms with Crippen LogP contribution < -0.4 is 9.47 Å². The Balaban J connectivity index is 2.50. The van der Waals surface area contributed by atoms with Gasteiger partial charge in [0.2, 0.25) is 0 Å². The zero-order chi connectivity index (χ0) is 15.6. The monoisotopic (exact) mass is 288 g/mol. The van der Waals surface area contributed by atoms with E-state index in [1.165, 1.54) is 6.07 Å². The Hall–Kier alpha value is -2.36. The first-order valence-electron chi connectivity index (χ1n) is 6.72.